The first-order chi connectivity index (χ1) is 12.8. The molecule has 0 saturated carbocycles. The number of benzene rings is 1. The van der Waals surface area contributed by atoms with E-state index in [1.807, 2.05) is 4.90 Å². The smallest absolute Gasteiger partial charge is 0.253 e. The largest absolute Gasteiger partial charge is 0.338 e. The van der Waals surface area contributed by atoms with Crippen LogP contribution in [0.2, 0.25) is 5.02 Å². The van der Waals surface area contributed by atoms with E-state index in [1.54, 1.807) is 6.07 Å². The first-order valence-electron chi connectivity index (χ1n) is 9.88. The normalized spacial score (nSPS) is 25.2. The Labute approximate surface area is 167 Å². The van der Waals surface area contributed by atoms with Gasteiger partial charge in [-0.2, -0.15) is 4.31 Å². The Balaban J connectivity index is 1.88. The Hall–Kier alpha value is -1.11. The number of amides is 1. The van der Waals surface area contributed by atoms with Gasteiger partial charge in [-0.1, -0.05) is 38.3 Å². The topological polar surface area (TPSA) is 57.7 Å². The van der Waals surface area contributed by atoms with Crippen LogP contribution in [-0.4, -0.2) is 49.7 Å². The lowest BCUT2D eigenvalue weighted by molar-refractivity contribution is 0.0623. The second-order valence-corrected chi connectivity index (χ2v) is 10.4. The number of hydrogen-bond acceptors (Lipinski definition) is 3. The van der Waals surface area contributed by atoms with E-state index in [0.29, 0.717) is 43.6 Å². The first kappa shape index (κ1) is 20.6. The minimum atomic E-state index is -3.69. The fourth-order valence-electron chi connectivity index (χ4n) is 4.27. The maximum absolute atomic E-state index is 13.1. The number of piperidine rings is 1. The Morgan fingerprint density at radius 2 is 1.63 bits per heavy atom. The van der Waals surface area contributed by atoms with Gasteiger partial charge in [0, 0.05) is 31.7 Å². The molecule has 1 aromatic rings. The maximum atomic E-state index is 13.1. The van der Waals surface area contributed by atoms with E-state index in [-0.39, 0.29) is 15.8 Å². The number of carbonyl (C=O) groups excluding carboxylic acids is 1. The van der Waals surface area contributed by atoms with Crippen molar-refractivity contribution in [3.63, 3.8) is 0 Å². The Kier molecular flexibility index (Phi) is 6.49. The SMILES string of the molecule is C[C@@H]1C[C@H](C)CN(C(=O)c2ccc(Cl)c(S(=O)(=O)N3CCCCCC3)c2)C1. The van der Waals surface area contributed by atoms with Gasteiger partial charge in [-0.3, -0.25) is 4.79 Å². The molecule has 0 unspecified atom stereocenters. The van der Waals surface area contributed by atoms with Crippen LogP contribution in [0.15, 0.2) is 23.1 Å². The van der Waals surface area contributed by atoms with Gasteiger partial charge >= 0.3 is 0 Å². The summed E-state index contributed by atoms with van der Waals surface area (Å²) in [7, 11) is -3.69. The van der Waals surface area contributed by atoms with Crippen LogP contribution in [0.4, 0.5) is 0 Å². The van der Waals surface area contributed by atoms with Crippen molar-refractivity contribution in [3.8, 4) is 0 Å². The van der Waals surface area contributed by atoms with Crippen molar-refractivity contribution in [3.05, 3.63) is 28.8 Å². The van der Waals surface area contributed by atoms with Gasteiger partial charge < -0.3 is 4.90 Å². The number of hydrogen-bond donors (Lipinski definition) is 0. The van der Waals surface area contributed by atoms with Gasteiger partial charge in [0.2, 0.25) is 10.0 Å². The quantitative estimate of drug-likeness (QED) is 0.753. The molecule has 7 heteroatoms. The summed E-state index contributed by atoms with van der Waals surface area (Å²) in [6, 6.07) is 4.64. The molecule has 0 aromatic heterocycles. The van der Waals surface area contributed by atoms with Crippen LogP contribution in [0.5, 0.6) is 0 Å². The van der Waals surface area contributed by atoms with Gasteiger partial charge in [-0.25, -0.2) is 8.42 Å². The van der Waals surface area contributed by atoms with Crippen molar-refractivity contribution in [2.45, 2.75) is 50.8 Å². The van der Waals surface area contributed by atoms with Gasteiger partial charge in [0.25, 0.3) is 5.91 Å². The van der Waals surface area contributed by atoms with Crippen molar-refractivity contribution < 1.29 is 13.2 Å². The monoisotopic (exact) mass is 412 g/mol. The zero-order chi connectivity index (χ0) is 19.6. The molecule has 2 atom stereocenters. The van der Waals surface area contributed by atoms with Crippen molar-refractivity contribution >= 4 is 27.5 Å². The van der Waals surface area contributed by atoms with Crippen molar-refractivity contribution in [2.75, 3.05) is 26.2 Å². The average Bonchev–Trinajstić information content (AvgIpc) is 2.90. The molecule has 3 rings (SSSR count). The van der Waals surface area contributed by atoms with Crippen molar-refractivity contribution in [1.29, 1.82) is 0 Å². The third-order valence-electron chi connectivity index (χ3n) is 5.52. The molecule has 2 heterocycles. The molecule has 0 bridgehead atoms. The number of nitrogens with zero attached hydrogens (tertiary/aromatic N) is 2. The third kappa shape index (κ3) is 4.66. The van der Waals surface area contributed by atoms with Crippen LogP contribution < -0.4 is 0 Å². The lowest BCUT2D eigenvalue weighted by Gasteiger charge is -2.35. The van der Waals surface area contributed by atoms with Crippen LogP contribution in [0.25, 0.3) is 0 Å². The molecular weight excluding hydrogens is 384 g/mol. The highest BCUT2D eigenvalue weighted by Gasteiger charge is 2.30. The summed E-state index contributed by atoms with van der Waals surface area (Å²) in [5.74, 6) is 0.785. The molecule has 27 heavy (non-hydrogen) atoms. The molecule has 150 valence electrons. The Morgan fingerprint density at radius 3 is 2.22 bits per heavy atom. The molecule has 0 N–H and O–H groups in total. The summed E-state index contributed by atoms with van der Waals surface area (Å²) in [5, 5.41) is 0.177. The number of halogens is 1. The number of carbonyl (C=O) groups is 1. The first-order valence-corrected chi connectivity index (χ1v) is 11.7. The van der Waals surface area contributed by atoms with Crippen LogP contribution in [0.3, 0.4) is 0 Å². The highest BCUT2D eigenvalue weighted by molar-refractivity contribution is 7.89. The van der Waals surface area contributed by atoms with E-state index in [0.717, 1.165) is 32.1 Å². The van der Waals surface area contributed by atoms with E-state index in [1.165, 1.54) is 16.4 Å². The number of rotatable bonds is 3. The van der Waals surface area contributed by atoms with Gasteiger partial charge in [0.15, 0.2) is 0 Å². The number of sulfonamides is 1. The molecule has 1 aromatic carbocycles. The predicted octanol–water partition coefficient (Wildman–Crippen LogP) is 4.02. The summed E-state index contributed by atoms with van der Waals surface area (Å²) in [5.41, 5.74) is 0.397. The Morgan fingerprint density at radius 1 is 1.04 bits per heavy atom. The summed E-state index contributed by atoms with van der Waals surface area (Å²) >= 11 is 6.25. The highest BCUT2D eigenvalue weighted by Crippen LogP contribution is 2.29. The summed E-state index contributed by atoms with van der Waals surface area (Å²) < 4.78 is 27.8. The summed E-state index contributed by atoms with van der Waals surface area (Å²) in [6.07, 6.45) is 4.92. The average molecular weight is 413 g/mol. The number of likely N-dealkylation sites (tertiary alicyclic amines) is 1. The molecule has 0 spiro atoms. The molecule has 0 aliphatic carbocycles. The predicted molar refractivity (Wildman–Crippen MR) is 108 cm³/mol. The zero-order valence-corrected chi connectivity index (χ0v) is 17.7. The van der Waals surface area contributed by atoms with Gasteiger partial charge in [0.05, 0.1) is 5.02 Å². The van der Waals surface area contributed by atoms with Crippen LogP contribution in [0.1, 0.15) is 56.3 Å². The molecular formula is C20H29ClN2O3S. The molecule has 2 saturated heterocycles. The van der Waals surface area contributed by atoms with E-state index in [4.69, 9.17) is 11.6 Å². The van der Waals surface area contributed by atoms with E-state index in [9.17, 15) is 13.2 Å². The second kappa shape index (κ2) is 8.50. The third-order valence-corrected chi connectivity index (χ3v) is 7.90. The van der Waals surface area contributed by atoms with E-state index in [2.05, 4.69) is 13.8 Å². The second-order valence-electron chi connectivity index (χ2n) is 8.12. The minimum Gasteiger partial charge on any atom is -0.338 e. The van der Waals surface area contributed by atoms with E-state index < -0.39 is 10.0 Å². The van der Waals surface area contributed by atoms with Crippen LogP contribution in [0, 0.1) is 11.8 Å². The lowest BCUT2D eigenvalue weighted by Crippen LogP contribution is -2.42. The van der Waals surface area contributed by atoms with Crippen molar-refractivity contribution in [2.24, 2.45) is 11.8 Å². The Bertz CT molecular complexity index is 778. The van der Waals surface area contributed by atoms with Gasteiger partial charge in [-0.05, 0) is 49.3 Å². The summed E-state index contributed by atoms with van der Waals surface area (Å²) in [6.45, 7) is 6.73. The molecule has 0 radical (unpaired) electrons. The minimum absolute atomic E-state index is 0.0509. The summed E-state index contributed by atoms with van der Waals surface area (Å²) in [4.78, 5) is 14.9. The van der Waals surface area contributed by atoms with Gasteiger partial charge in [-0.15, -0.1) is 0 Å². The standard InChI is InChI=1S/C20H29ClN2O3S/c1-15-11-16(2)14-22(13-15)20(24)17-7-8-18(21)19(12-17)27(25,26)23-9-5-3-4-6-10-23/h7-8,12,15-16H,3-6,9-11,13-14H2,1-2H3/t15-,16+. The molecule has 2 aliphatic heterocycles. The zero-order valence-electron chi connectivity index (χ0n) is 16.2. The molecule has 5 nitrogen and oxygen atoms in total. The molecule has 1 amide bonds. The maximum Gasteiger partial charge on any atom is 0.253 e. The van der Waals surface area contributed by atoms with Crippen LogP contribution in [-0.2, 0) is 10.0 Å². The molecule has 2 fully saturated rings. The fraction of sp³-hybridized carbons (Fsp3) is 0.650. The molecule has 2 aliphatic rings. The highest BCUT2D eigenvalue weighted by atomic mass is 35.5. The van der Waals surface area contributed by atoms with Crippen LogP contribution >= 0.6 is 11.6 Å². The van der Waals surface area contributed by atoms with E-state index >= 15 is 0 Å². The fourth-order valence-corrected chi connectivity index (χ4v) is 6.28. The van der Waals surface area contributed by atoms with Crippen molar-refractivity contribution in [1.82, 2.24) is 9.21 Å². The van der Waals surface area contributed by atoms with Gasteiger partial charge in [0.1, 0.15) is 4.90 Å². The lowest BCUT2D eigenvalue weighted by atomic mass is 9.91.